The lowest BCUT2D eigenvalue weighted by atomic mass is 9.98. The Labute approximate surface area is 212 Å². The molecule has 7 heteroatoms. The van der Waals surface area contributed by atoms with Gasteiger partial charge in [-0.25, -0.2) is 9.97 Å². The van der Waals surface area contributed by atoms with E-state index in [1.54, 1.807) is 13.3 Å². The first kappa shape index (κ1) is 21.7. The van der Waals surface area contributed by atoms with Gasteiger partial charge in [0.15, 0.2) is 5.58 Å². The van der Waals surface area contributed by atoms with Gasteiger partial charge in [0.2, 0.25) is 5.88 Å². The molecule has 6 nitrogen and oxygen atoms in total. The lowest BCUT2D eigenvalue weighted by Gasteiger charge is -2.14. The molecule has 4 heterocycles. The first-order valence-corrected chi connectivity index (χ1v) is 13.3. The van der Waals surface area contributed by atoms with Crippen LogP contribution in [0, 0.1) is 0 Å². The molecule has 7 aromatic rings. The Balaban J connectivity index is 1.61. The number of benzene rings is 3. The summed E-state index contributed by atoms with van der Waals surface area (Å²) in [6, 6.07) is 29.0. The molecular weight excluding hydrogens is 481 g/mol. The molecule has 4 aromatic heterocycles. The number of nitrogens with zero attached hydrogens (tertiary/aromatic N) is 3. The van der Waals surface area contributed by atoms with Crippen LogP contribution in [0.15, 0.2) is 102 Å². The minimum Gasteiger partial charge on any atom is -0.481 e. The second-order valence-corrected chi connectivity index (χ2v) is 10.5. The van der Waals surface area contributed by atoms with Crippen LogP contribution in [-0.2, 0) is 4.57 Å². The Bertz CT molecular complexity index is 2000. The lowest BCUT2D eigenvalue weighted by molar-refractivity contribution is 0.399. The van der Waals surface area contributed by atoms with Crippen LogP contribution in [0.4, 0.5) is 0 Å². The van der Waals surface area contributed by atoms with Crippen LogP contribution >= 0.6 is 7.80 Å². The molecule has 37 heavy (non-hydrogen) atoms. The number of hydrogen-bond acceptors (Lipinski definition) is 6. The van der Waals surface area contributed by atoms with Crippen molar-refractivity contribution in [2.45, 2.75) is 0 Å². The van der Waals surface area contributed by atoms with Crippen molar-refractivity contribution in [3.05, 3.63) is 97.2 Å². The summed E-state index contributed by atoms with van der Waals surface area (Å²) in [4.78, 5) is 14.4. The smallest absolute Gasteiger partial charge is 0.213 e. The molecule has 0 spiro atoms. The van der Waals surface area contributed by atoms with Crippen molar-refractivity contribution in [2.24, 2.45) is 0 Å². The van der Waals surface area contributed by atoms with Crippen molar-refractivity contribution >= 4 is 62.4 Å². The number of aromatic nitrogens is 3. The van der Waals surface area contributed by atoms with E-state index < -0.39 is 7.80 Å². The van der Waals surface area contributed by atoms with E-state index in [9.17, 15) is 4.57 Å². The Morgan fingerprint density at radius 2 is 1.57 bits per heavy atom. The maximum Gasteiger partial charge on any atom is 0.213 e. The molecule has 1 atom stereocenters. The summed E-state index contributed by atoms with van der Waals surface area (Å²) in [5.74, 6) is 0.501. The van der Waals surface area contributed by atoms with Crippen LogP contribution in [0.25, 0.3) is 55.0 Å². The van der Waals surface area contributed by atoms with E-state index in [1.165, 1.54) is 0 Å². The highest BCUT2D eigenvalue weighted by molar-refractivity contribution is 7.61. The zero-order valence-corrected chi connectivity index (χ0v) is 20.8. The van der Waals surface area contributed by atoms with Crippen LogP contribution in [0.3, 0.4) is 0 Å². The summed E-state index contributed by atoms with van der Waals surface area (Å²) in [5.41, 5.74) is 5.73. The third kappa shape index (κ3) is 3.49. The van der Waals surface area contributed by atoms with Gasteiger partial charge in [0.1, 0.15) is 29.9 Å². The quantitative estimate of drug-likeness (QED) is 0.209. The number of pyridine rings is 3. The summed E-state index contributed by atoms with van der Waals surface area (Å²) in [7, 11) is -0.860. The van der Waals surface area contributed by atoms with Crippen LogP contribution in [0.1, 0.15) is 0 Å². The second kappa shape index (κ2) is 8.54. The number of ether oxygens (including phenoxy) is 1. The predicted octanol–water partition coefficient (Wildman–Crippen LogP) is 6.26. The topological polar surface area (TPSA) is 78.1 Å². The number of hydrogen-bond donors (Lipinski definition) is 0. The highest BCUT2D eigenvalue weighted by atomic mass is 31.1. The van der Waals surface area contributed by atoms with E-state index in [-0.39, 0.29) is 0 Å². The molecule has 0 N–H and O–H groups in total. The van der Waals surface area contributed by atoms with Crippen molar-refractivity contribution in [1.29, 1.82) is 0 Å². The Kier molecular flexibility index (Phi) is 5.01. The summed E-state index contributed by atoms with van der Waals surface area (Å²) in [6.45, 7) is 0. The van der Waals surface area contributed by atoms with Crippen molar-refractivity contribution in [2.75, 3.05) is 7.11 Å². The fourth-order valence-corrected chi connectivity index (χ4v) is 6.31. The minimum absolute atomic E-state index is 0.501. The number of rotatable bonds is 4. The van der Waals surface area contributed by atoms with Gasteiger partial charge in [-0.15, -0.1) is 0 Å². The molecule has 0 saturated heterocycles. The third-order valence-electron chi connectivity index (χ3n) is 6.62. The van der Waals surface area contributed by atoms with Crippen molar-refractivity contribution in [3.8, 4) is 17.0 Å². The molecule has 0 saturated carbocycles. The molecule has 0 bridgehead atoms. The van der Waals surface area contributed by atoms with E-state index >= 15 is 0 Å². The standard InChI is InChI=1S/C30H20N3O3P/c1-35-26-14-13-20-22(16-18-8-7-15-31-27(18)29(20)32-26)23-17-25-28(21-11-5-6-12-24(21)36-25)33-30(23)37(34)19-9-3-2-4-10-19/h2-17,37H,1H3. The number of methoxy groups -OCH3 is 1. The third-order valence-corrected chi connectivity index (χ3v) is 8.29. The number of furan rings is 1. The van der Waals surface area contributed by atoms with Gasteiger partial charge >= 0.3 is 0 Å². The predicted molar refractivity (Wildman–Crippen MR) is 149 cm³/mol. The molecule has 178 valence electrons. The van der Waals surface area contributed by atoms with Gasteiger partial charge in [-0.2, -0.15) is 0 Å². The summed E-state index contributed by atoms with van der Waals surface area (Å²) in [6.07, 6.45) is 1.75. The van der Waals surface area contributed by atoms with E-state index in [4.69, 9.17) is 19.1 Å². The SMILES string of the molecule is COc1ccc2c(-c3cc4oc5ccccc5c4nc3[PH](=O)c3ccccc3)cc3cccnc3c2n1. The van der Waals surface area contributed by atoms with Gasteiger partial charge in [0.25, 0.3) is 0 Å². The molecular formula is C30H20N3O3P. The molecule has 7 rings (SSSR count). The Hall–Kier alpha value is -4.54. The maximum atomic E-state index is 14.1. The maximum absolute atomic E-state index is 14.1. The zero-order chi connectivity index (χ0) is 24.9. The molecule has 0 aliphatic rings. The normalized spacial score (nSPS) is 12.5. The molecule has 0 aliphatic carbocycles. The second-order valence-electron chi connectivity index (χ2n) is 8.77. The van der Waals surface area contributed by atoms with Crippen LogP contribution in [0.2, 0.25) is 0 Å². The molecule has 0 amide bonds. The van der Waals surface area contributed by atoms with Gasteiger partial charge in [-0.05, 0) is 42.0 Å². The first-order chi connectivity index (χ1) is 18.2. The van der Waals surface area contributed by atoms with Gasteiger partial charge in [-0.1, -0.05) is 48.5 Å². The first-order valence-electron chi connectivity index (χ1n) is 11.9. The van der Waals surface area contributed by atoms with E-state index in [2.05, 4.69) is 11.1 Å². The van der Waals surface area contributed by atoms with Crippen molar-refractivity contribution < 1.29 is 13.7 Å². The summed E-state index contributed by atoms with van der Waals surface area (Å²) < 4.78 is 25.7. The van der Waals surface area contributed by atoms with E-state index in [1.807, 2.05) is 84.9 Å². The van der Waals surface area contributed by atoms with E-state index in [0.717, 1.165) is 43.7 Å². The van der Waals surface area contributed by atoms with E-state index in [0.29, 0.717) is 27.9 Å². The zero-order valence-electron chi connectivity index (χ0n) is 19.8. The monoisotopic (exact) mass is 501 g/mol. The van der Waals surface area contributed by atoms with Crippen molar-refractivity contribution in [1.82, 2.24) is 15.0 Å². The van der Waals surface area contributed by atoms with Crippen LogP contribution < -0.4 is 15.5 Å². The number of para-hydroxylation sites is 1. The fraction of sp³-hybridized carbons (Fsp3) is 0.0333. The largest absolute Gasteiger partial charge is 0.481 e. The fourth-order valence-electron chi connectivity index (χ4n) is 4.88. The van der Waals surface area contributed by atoms with Gasteiger partial charge in [0, 0.05) is 39.3 Å². The van der Waals surface area contributed by atoms with Crippen molar-refractivity contribution in [3.63, 3.8) is 0 Å². The Morgan fingerprint density at radius 3 is 2.43 bits per heavy atom. The van der Waals surface area contributed by atoms with Gasteiger partial charge in [-0.3, -0.25) is 4.98 Å². The van der Waals surface area contributed by atoms with Gasteiger partial charge < -0.3 is 13.7 Å². The average Bonchev–Trinajstić information content (AvgIpc) is 3.33. The highest BCUT2D eigenvalue weighted by Gasteiger charge is 2.22. The van der Waals surface area contributed by atoms with Crippen LogP contribution in [-0.4, -0.2) is 22.1 Å². The Morgan fingerprint density at radius 1 is 0.730 bits per heavy atom. The van der Waals surface area contributed by atoms with Gasteiger partial charge in [0.05, 0.1) is 12.6 Å². The average molecular weight is 501 g/mol. The molecule has 1 unspecified atom stereocenters. The summed E-state index contributed by atoms with van der Waals surface area (Å²) >= 11 is 0. The minimum atomic E-state index is -2.45. The summed E-state index contributed by atoms with van der Waals surface area (Å²) in [5, 5.41) is 3.43. The molecule has 0 fully saturated rings. The molecule has 0 aliphatic heterocycles. The highest BCUT2D eigenvalue weighted by Crippen LogP contribution is 2.38. The molecule has 3 aromatic carbocycles. The molecule has 0 radical (unpaired) electrons. The van der Waals surface area contributed by atoms with Crippen LogP contribution in [0.5, 0.6) is 5.88 Å². The lowest BCUT2D eigenvalue weighted by Crippen LogP contribution is -2.13. The number of fused-ring (bicyclic) bond motifs is 6.